The van der Waals surface area contributed by atoms with Crippen molar-refractivity contribution in [2.75, 3.05) is 13.1 Å². The van der Waals surface area contributed by atoms with Gasteiger partial charge in [-0.1, -0.05) is 20.3 Å². The second kappa shape index (κ2) is 6.02. The van der Waals surface area contributed by atoms with E-state index in [0.717, 1.165) is 18.1 Å². The fraction of sp³-hybridized carbons (Fsp3) is 1.00. The minimum absolute atomic E-state index is 0.791. The summed E-state index contributed by atoms with van der Waals surface area (Å²) in [5.74, 6) is 0. The summed E-state index contributed by atoms with van der Waals surface area (Å²) < 4.78 is 0. The predicted octanol–water partition coefficient (Wildman–Crippen LogP) is 2.78. The maximum atomic E-state index is 3.71. The molecule has 2 aliphatic rings. The van der Waals surface area contributed by atoms with Gasteiger partial charge in [-0.05, 0) is 45.1 Å². The number of hydrogen-bond acceptors (Lipinski definition) is 2. The Morgan fingerprint density at radius 2 is 1.94 bits per heavy atom. The Labute approximate surface area is 101 Å². The van der Waals surface area contributed by atoms with E-state index in [0.29, 0.717) is 0 Å². The minimum atomic E-state index is 0.791. The molecule has 0 amide bonds. The highest BCUT2D eigenvalue weighted by Gasteiger charge is 2.33. The maximum Gasteiger partial charge on any atom is 0.0221 e. The third kappa shape index (κ3) is 3.74. The van der Waals surface area contributed by atoms with Crippen molar-refractivity contribution in [1.82, 2.24) is 10.2 Å². The molecule has 0 aromatic carbocycles. The highest BCUT2D eigenvalue weighted by molar-refractivity contribution is 4.90. The molecule has 1 unspecified atom stereocenters. The highest BCUT2D eigenvalue weighted by Crippen LogP contribution is 2.30. The molecule has 2 aliphatic carbocycles. The first-order valence-corrected chi connectivity index (χ1v) is 7.34. The van der Waals surface area contributed by atoms with Crippen molar-refractivity contribution in [1.29, 1.82) is 0 Å². The van der Waals surface area contributed by atoms with E-state index in [4.69, 9.17) is 0 Å². The quantitative estimate of drug-likeness (QED) is 0.648. The van der Waals surface area contributed by atoms with Gasteiger partial charge in [0.05, 0.1) is 0 Å². The van der Waals surface area contributed by atoms with Gasteiger partial charge in [0.25, 0.3) is 0 Å². The van der Waals surface area contributed by atoms with E-state index in [9.17, 15) is 0 Å². The normalized spacial score (nSPS) is 22.7. The number of rotatable bonds is 9. The molecule has 2 heteroatoms. The van der Waals surface area contributed by atoms with Crippen LogP contribution in [0.4, 0.5) is 0 Å². The largest absolute Gasteiger partial charge is 0.312 e. The number of nitrogens with zero attached hydrogens (tertiary/aromatic N) is 1. The van der Waals surface area contributed by atoms with Gasteiger partial charge in [-0.2, -0.15) is 0 Å². The first-order chi connectivity index (χ1) is 7.85. The molecular weight excluding hydrogens is 196 g/mol. The van der Waals surface area contributed by atoms with E-state index in [1.54, 1.807) is 0 Å². The minimum Gasteiger partial charge on any atom is -0.312 e. The molecule has 0 saturated heterocycles. The van der Waals surface area contributed by atoms with Crippen molar-refractivity contribution >= 4 is 0 Å². The van der Waals surface area contributed by atoms with Crippen LogP contribution >= 0.6 is 0 Å². The molecule has 2 fully saturated rings. The summed E-state index contributed by atoms with van der Waals surface area (Å²) in [6, 6.07) is 2.58. The summed E-state index contributed by atoms with van der Waals surface area (Å²) >= 11 is 0. The Hall–Kier alpha value is -0.0800. The Balaban J connectivity index is 1.76. The summed E-state index contributed by atoms with van der Waals surface area (Å²) in [5, 5.41) is 3.71. The van der Waals surface area contributed by atoms with Crippen molar-refractivity contribution in [2.24, 2.45) is 0 Å². The van der Waals surface area contributed by atoms with E-state index < -0.39 is 0 Å². The SMILES string of the molecule is CCCCN(C1CC1)C(CC)CNC1CC1. The van der Waals surface area contributed by atoms with Crippen LogP contribution in [0.2, 0.25) is 0 Å². The van der Waals surface area contributed by atoms with Crippen LogP contribution in [-0.2, 0) is 0 Å². The van der Waals surface area contributed by atoms with Crippen LogP contribution in [0.3, 0.4) is 0 Å². The molecule has 0 spiro atoms. The Morgan fingerprint density at radius 1 is 1.19 bits per heavy atom. The molecule has 16 heavy (non-hydrogen) atoms. The number of nitrogens with one attached hydrogen (secondary N) is 1. The van der Waals surface area contributed by atoms with Gasteiger partial charge in [0.1, 0.15) is 0 Å². The second-order valence-corrected chi connectivity index (χ2v) is 5.57. The van der Waals surface area contributed by atoms with Gasteiger partial charge in [-0.15, -0.1) is 0 Å². The van der Waals surface area contributed by atoms with Crippen molar-refractivity contribution in [3.63, 3.8) is 0 Å². The van der Waals surface area contributed by atoms with E-state index >= 15 is 0 Å². The molecule has 0 heterocycles. The zero-order valence-electron chi connectivity index (χ0n) is 11.0. The molecule has 0 aliphatic heterocycles. The van der Waals surface area contributed by atoms with Gasteiger partial charge in [0.2, 0.25) is 0 Å². The molecule has 0 aromatic rings. The third-order valence-electron chi connectivity index (χ3n) is 3.95. The average Bonchev–Trinajstić information content (AvgIpc) is 3.16. The van der Waals surface area contributed by atoms with E-state index in [1.165, 1.54) is 58.0 Å². The molecule has 94 valence electrons. The summed E-state index contributed by atoms with van der Waals surface area (Å²) in [5.41, 5.74) is 0. The van der Waals surface area contributed by atoms with Crippen LogP contribution in [0.15, 0.2) is 0 Å². The Morgan fingerprint density at radius 3 is 2.44 bits per heavy atom. The first kappa shape index (κ1) is 12.4. The smallest absolute Gasteiger partial charge is 0.0221 e. The molecule has 0 bridgehead atoms. The fourth-order valence-electron chi connectivity index (χ4n) is 2.50. The van der Waals surface area contributed by atoms with Gasteiger partial charge in [-0.25, -0.2) is 0 Å². The highest BCUT2D eigenvalue weighted by atomic mass is 15.2. The van der Waals surface area contributed by atoms with Crippen molar-refractivity contribution in [3.05, 3.63) is 0 Å². The molecule has 2 nitrogen and oxygen atoms in total. The summed E-state index contributed by atoms with van der Waals surface area (Å²) in [6.45, 7) is 7.20. The lowest BCUT2D eigenvalue weighted by Gasteiger charge is -2.31. The molecular formula is C14H28N2. The average molecular weight is 224 g/mol. The summed E-state index contributed by atoms with van der Waals surface area (Å²) in [7, 11) is 0. The molecule has 2 saturated carbocycles. The first-order valence-electron chi connectivity index (χ1n) is 7.34. The van der Waals surface area contributed by atoms with E-state index in [2.05, 4.69) is 24.1 Å². The standard InChI is InChI=1S/C14H28N2/c1-3-5-10-16(14-8-9-14)13(4-2)11-15-12-6-7-12/h12-15H,3-11H2,1-2H3. The fourth-order valence-corrected chi connectivity index (χ4v) is 2.50. The lowest BCUT2D eigenvalue weighted by molar-refractivity contribution is 0.173. The molecule has 1 atom stereocenters. The van der Waals surface area contributed by atoms with Gasteiger partial charge in [0.15, 0.2) is 0 Å². The topological polar surface area (TPSA) is 15.3 Å². The van der Waals surface area contributed by atoms with Crippen molar-refractivity contribution in [2.45, 2.75) is 76.9 Å². The van der Waals surface area contributed by atoms with Crippen LogP contribution in [0.5, 0.6) is 0 Å². The molecule has 0 radical (unpaired) electrons. The summed E-state index contributed by atoms with van der Waals surface area (Å²) in [4.78, 5) is 2.79. The zero-order valence-corrected chi connectivity index (χ0v) is 11.0. The van der Waals surface area contributed by atoms with E-state index in [1.807, 2.05) is 0 Å². The van der Waals surface area contributed by atoms with Gasteiger partial charge in [-0.3, -0.25) is 4.90 Å². The Bertz CT molecular complexity index is 197. The van der Waals surface area contributed by atoms with Crippen LogP contribution < -0.4 is 5.32 Å². The second-order valence-electron chi connectivity index (χ2n) is 5.57. The monoisotopic (exact) mass is 224 g/mol. The third-order valence-corrected chi connectivity index (χ3v) is 3.95. The maximum absolute atomic E-state index is 3.71. The lowest BCUT2D eigenvalue weighted by atomic mass is 10.1. The van der Waals surface area contributed by atoms with Crippen molar-refractivity contribution in [3.8, 4) is 0 Å². The predicted molar refractivity (Wildman–Crippen MR) is 69.7 cm³/mol. The van der Waals surface area contributed by atoms with E-state index in [-0.39, 0.29) is 0 Å². The van der Waals surface area contributed by atoms with Crippen LogP contribution in [-0.4, -0.2) is 36.1 Å². The number of unbranched alkanes of at least 4 members (excludes halogenated alkanes) is 1. The van der Waals surface area contributed by atoms with Crippen LogP contribution in [0.25, 0.3) is 0 Å². The van der Waals surface area contributed by atoms with Gasteiger partial charge < -0.3 is 5.32 Å². The van der Waals surface area contributed by atoms with Crippen molar-refractivity contribution < 1.29 is 0 Å². The zero-order chi connectivity index (χ0) is 11.4. The van der Waals surface area contributed by atoms with Crippen LogP contribution in [0.1, 0.15) is 58.8 Å². The van der Waals surface area contributed by atoms with Crippen LogP contribution in [0, 0.1) is 0 Å². The molecule has 0 aromatic heterocycles. The van der Waals surface area contributed by atoms with Gasteiger partial charge >= 0.3 is 0 Å². The lowest BCUT2D eigenvalue weighted by Crippen LogP contribution is -2.44. The summed E-state index contributed by atoms with van der Waals surface area (Å²) in [6.07, 6.45) is 9.73. The Kier molecular flexibility index (Phi) is 4.66. The number of hydrogen-bond donors (Lipinski definition) is 1. The molecule has 1 N–H and O–H groups in total. The molecule has 2 rings (SSSR count). The van der Waals surface area contributed by atoms with Gasteiger partial charge in [0, 0.05) is 24.7 Å².